The molecule has 0 aromatic heterocycles. The minimum atomic E-state index is -0.751. The van der Waals surface area contributed by atoms with E-state index in [2.05, 4.69) is 0 Å². The Hall–Kier alpha value is -2.20. The maximum absolute atomic E-state index is 10.5. The van der Waals surface area contributed by atoms with E-state index < -0.39 is 6.10 Å². The van der Waals surface area contributed by atoms with Crippen molar-refractivity contribution < 1.29 is 19.3 Å². The molecule has 0 aliphatic rings. The van der Waals surface area contributed by atoms with Gasteiger partial charge in [-0.15, -0.1) is 0 Å². The van der Waals surface area contributed by atoms with Crippen LogP contribution < -0.4 is 14.2 Å². The molecule has 21 heavy (non-hydrogen) atoms. The van der Waals surface area contributed by atoms with Crippen LogP contribution in [0.2, 0.25) is 0 Å². The van der Waals surface area contributed by atoms with Crippen molar-refractivity contribution in [3.63, 3.8) is 0 Å². The number of aliphatic hydroxyl groups excluding tert-OH is 1. The Labute approximate surface area is 124 Å². The molecule has 2 aromatic carbocycles. The fourth-order valence-electron chi connectivity index (χ4n) is 2.22. The summed E-state index contributed by atoms with van der Waals surface area (Å²) in [4.78, 5) is 0. The average molecular weight is 288 g/mol. The second-order valence-electron chi connectivity index (χ2n) is 4.75. The second kappa shape index (κ2) is 6.50. The lowest BCUT2D eigenvalue weighted by atomic mass is 9.99. The Morgan fingerprint density at radius 2 is 1.29 bits per heavy atom. The Morgan fingerprint density at radius 1 is 0.762 bits per heavy atom. The molecule has 112 valence electrons. The van der Waals surface area contributed by atoms with Crippen LogP contribution in [0.1, 0.15) is 22.8 Å². The molecule has 0 amide bonds. The Balaban J connectivity index is 2.37. The number of aryl methyl sites for hydroxylation is 1. The van der Waals surface area contributed by atoms with Crippen molar-refractivity contribution in [1.82, 2.24) is 0 Å². The third-order valence-electron chi connectivity index (χ3n) is 3.47. The number of hydrogen-bond donors (Lipinski definition) is 1. The van der Waals surface area contributed by atoms with Crippen molar-refractivity contribution in [2.75, 3.05) is 21.3 Å². The topological polar surface area (TPSA) is 47.9 Å². The molecule has 2 rings (SSSR count). The molecule has 2 aromatic rings. The number of aliphatic hydroxyl groups is 1. The zero-order valence-electron chi connectivity index (χ0n) is 12.7. The zero-order valence-corrected chi connectivity index (χ0v) is 12.7. The first-order chi connectivity index (χ1) is 10.1. The van der Waals surface area contributed by atoms with Crippen LogP contribution in [0.4, 0.5) is 0 Å². The summed E-state index contributed by atoms with van der Waals surface area (Å²) in [6, 6.07) is 11.0. The van der Waals surface area contributed by atoms with Gasteiger partial charge in [0.25, 0.3) is 0 Å². The molecule has 0 heterocycles. The first-order valence-corrected chi connectivity index (χ1v) is 6.65. The molecule has 0 bridgehead atoms. The van der Waals surface area contributed by atoms with Crippen LogP contribution in [0, 0.1) is 6.92 Å². The number of methoxy groups -OCH3 is 3. The van der Waals surface area contributed by atoms with Crippen molar-refractivity contribution >= 4 is 0 Å². The summed E-state index contributed by atoms with van der Waals surface area (Å²) < 4.78 is 15.8. The third kappa shape index (κ3) is 3.11. The molecule has 1 N–H and O–H groups in total. The van der Waals surface area contributed by atoms with Gasteiger partial charge in [-0.25, -0.2) is 0 Å². The number of ether oxygens (including phenoxy) is 3. The third-order valence-corrected chi connectivity index (χ3v) is 3.47. The summed E-state index contributed by atoms with van der Waals surface area (Å²) in [5.41, 5.74) is 2.53. The van der Waals surface area contributed by atoms with Gasteiger partial charge in [0.15, 0.2) is 11.5 Å². The van der Waals surface area contributed by atoms with Gasteiger partial charge < -0.3 is 19.3 Å². The Morgan fingerprint density at radius 3 is 1.86 bits per heavy atom. The highest BCUT2D eigenvalue weighted by atomic mass is 16.5. The van der Waals surface area contributed by atoms with Crippen molar-refractivity contribution in [2.24, 2.45) is 0 Å². The van der Waals surface area contributed by atoms with E-state index in [1.165, 1.54) is 0 Å². The van der Waals surface area contributed by atoms with E-state index in [-0.39, 0.29) is 0 Å². The molecule has 0 saturated heterocycles. The predicted octanol–water partition coefficient (Wildman–Crippen LogP) is 3.10. The van der Waals surface area contributed by atoms with Crippen molar-refractivity contribution in [1.29, 1.82) is 0 Å². The van der Waals surface area contributed by atoms with Crippen LogP contribution in [0.3, 0.4) is 0 Å². The van der Waals surface area contributed by atoms with Crippen molar-refractivity contribution in [3.05, 3.63) is 53.1 Å². The molecular formula is C17H20O4. The van der Waals surface area contributed by atoms with Gasteiger partial charge in [0.1, 0.15) is 11.9 Å². The van der Waals surface area contributed by atoms with Gasteiger partial charge in [-0.1, -0.05) is 18.2 Å². The first kappa shape index (κ1) is 15.2. The lowest BCUT2D eigenvalue weighted by molar-refractivity contribution is 0.219. The van der Waals surface area contributed by atoms with E-state index >= 15 is 0 Å². The number of rotatable bonds is 5. The molecule has 1 atom stereocenters. The quantitative estimate of drug-likeness (QED) is 0.918. The summed E-state index contributed by atoms with van der Waals surface area (Å²) in [5, 5.41) is 10.5. The maximum atomic E-state index is 10.5. The van der Waals surface area contributed by atoms with Gasteiger partial charge in [-0.05, 0) is 41.8 Å². The van der Waals surface area contributed by atoms with Crippen molar-refractivity contribution in [3.8, 4) is 17.2 Å². The van der Waals surface area contributed by atoms with Gasteiger partial charge in [0.05, 0.1) is 21.3 Å². The van der Waals surface area contributed by atoms with Crippen LogP contribution >= 0.6 is 0 Å². The lowest BCUT2D eigenvalue weighted by Gasteiger charge is -2.16. The van der Waals surface area contributed by atoms with Crippen LogP contribution in [0.5, 0.6) is 17.2 Å². The van der Waals surface area contributed by atoms with Gasteiger partial charge in [0.2, 0.25) is 0 Å². The van der Waals surface area contributed by atoms with E-state index in [4.69, 9.17) is 14.2 Å². The zero-order chi connectivity index (χ0) is 15.4. The molecule has 1 unspecified atom stereocenters. The minimum Gasteiger partial charge on any atom is -0.496 e. The standard InChI is InChI=1S/C17H20O4/c1-11-5-6-12(9-15(11)20-3)17(18)13-7-8-14(19-2)16(10-13)21-4/h5-10,17-18H,1-4H3. The fourth-order valence-corrected chi connectivity index (χ4v) is 2.22. The molecule has 0 radical (unpaired) electrons. The number of benzene rings is 2. The lowest BCUT2D eigenvalue weighted by Crippen LogP contribution is -2.02. The van der Waals surface area contributed by atoms with Crippen LogP contribution in [0.25, 0.3) is 0 Å². The summed E-state index contributed by atoms with van der Waals surface area (Å²) in [7, 11) is 4.77. The molecule has 0 aliphatic carbocycles. The first-order valence-electron chi connectivity index (χ1n) is 6.65. The summed E-state index contributed by atoms with van der Waals surface area (Å²) >= 11 is 0. The van der Waals surface area contributed by atoms with E-state index in [9.17, 15) is 5.11 Å². The van der Waals surface area contributed by atoms with Gasteiger partial charge in [-0.3, -0.25) is 0 Å². The van der Waals surface area contributed by atoms with E-state index in [0.29, 0.717) is 11.5 Å². The minimum absolute atomic E-state index is 0.591. The molecule has 0 aliphatic heterocycles. The molecular weight excluding hydrogens is 268 g/mol. The van der Waals surface area contributed by atoms with Gasteiger partial charge >= 0.3 is 0 Å². The molecule has 0 spiro atoms. The molecule has 0 fully saturated rings. The summed E-state index contributed by atoms with van der Waals surface area (Å²) in [5.74, 6) is 1.98. The van der Waals surface area contributed by atoms with Crippen LogP contribution in [-0.2, 0) is 0 Å². The highest BCUT2D eigenvalue weighted by molar-refractivity contribution is 5.46. The normalized spacial score (nSPS) is 11.9. The molecule has 4 heteroatoms. The van der Waals surface area contributed by atoms with Gasteiger partial charge in [0, 0.05) is 0 Å². The average Bonchev–Trinajstić information content (AvgIpc) is 2.53. The van der Waals surface area contributed by atoms with Gasteiger partial charge in [-0.2, -0.15) is 0 Å². The van der Waals surface area contributed by atoms with E-state index in [0.717, 1.165) is 22.4 Å². The summed E-state index contributed by atoms with van der Waals surface area (Å²) in [6.07, 6.45) is -0.751. The molecule has 0 saturated carbocycles. The second-order valence-corrected chi connectivity index (χ2v) is 4.75. The highest BCUT2D eigenvalue weighted by Gasteiger charge is 2.15. The van der Waals surface area contributed by atoms with E-state index in [1.54, 1.807) is 33.5 Å². The molecule has 4 nitrogen and oxygen atoms in total. The predicted molar refractivity (Wildman–Crippen MR) is 81.3 cm³/mol. The monoisotopic (exact) mass is 288 g/mol. The summed E-state index contributed by atoms with van der Waals surface area (Å²) in [6.45, 7) is 1.96. The van der Waals surface area contributed by atoms with E-state index in [1.807, 2.05) is 31.2 Å². The smallest absolute Gasteiger partial charge is 0.161 e. The van der Waals surface area contributed by atoms with Crippen LogP contribution in [-0.4, -0.2) is 26.4 Å². The Kier molecular flexibility index (Phi) is 4.70. The van der Waals surface area contributed by atoms with Crippen molar-refractivity contribution in [2.45, 2.75) is 13.0 Å². The SMILES string of the molecule is COc1cc(C(O)c2ccc(OC)c(OC)c2)ccc1C. The Bertz CT molecular complexity index is 622. The fraction of sp³-hybridized carbons (Fsp3) is 0.294. The van der Waals surface area contributed by atoms with Crippen LogP contribution in [0.15, 0.2) is 36.4 Å². The number of hydrogen-bond acceptors (Lipinski definition) is 4. The highest BCUT2D eigenvalue weighted by Crippen LogP contribution is 2.33. The maximum Gasteiger partial charge on any atom is 0.161 e. The largest absolute Gasteiger partial charge is 0.496 e.